The molecule has 0 saturated heterocycles. The minimum absolute atomic E-state index is 0.263. The first kappa shape index (κ1) is 11.1. The molecule has 0 heterocycles. The van der Waals surface area contributed by atoms with Crippen LogP contribution in [0, 0.1) is 12.3 Å². The zero-order valence-corrected chi connectivity index (χ0v) is 9.40. The molecule has 1 atom stereocenters. The van der Waals surface area contributed by atoms with Gasteiger partial charge in [0, 0.05) is 16.6 Å². The molecular formula is C11H16N2S. The number of amidine groups is 1. The summed E-state index contributed by atoms with van der Waals surface area (Å²) in [7, 11) is 0. The van der Waals surface area contributed by atoms with E-state index in [1.807, 2.05) is 12.1 Å². The summed E-state index contributed by atoms with van der Waals surface area (Å²) in [5, 5.41) is 7.58. The van der Waals surface area contributed by atoms with E-state index in [-0.39, 0.29) is 5.84 Å². The van der Waals surface area contributed by atoms with E-state index >= 15 is 0 Å². The minimum atomic E-state index is 0.263. The highest BCUT2D eigenvalue weighted by Crippen LogP contribution is 2.27. The predicted octanol–water partition coefficient (Wildman–Crippen LogP) is 2.80. The molecule has 1 aromatic carbocycles. The van der Waals surface area contributed by atoms with E-state index in [0.29, 0.717) is 11.7 Å². The van der Waals surface area contributed by atoms with Crippen molar-refractivity contribution in [3.8, 4) is 0 Å². The fourth-order valence-corrected chi connectivity index (χ4v) is 2.36. The Morgan fingerprint density at radius 3 is 2.71 bits per heavy atom. The van der Waals surface area contributed by atoms with E-state index in [9.17, 15) is 0 Å². The lowest BCUT2D eigenvalue weighted by atomic mass is 10.2. The van der Waals surface area contributed by atoms with Gasteiger partial charge in [-0.25, -0.2) is 0 Å². The van der Waals surface area contributed by atoms with Crippen LogP contribution in [0.3, 0.4) is 0 Å². The Labute approximate surface area is 89.4 Å². The summed E-state index contributed by atoms with van der Waals surface area (Å²) in [6.45, 7) is 4.20. The second-order valence-corrected chi connectivity index (χ2v) is 4.90. The predicted molar refractivity (Wildman–Crippen MR) is 63.0 cm³/mol. The monoisotopic (exact) mass is 208 g/mol. The molecule has 0 saturated carbocycles. The van der Waals surface area contributed by atoms with Crippen LogP contribution in [-0.2, 0) is 0 Å². The van der Waals surface area contributed by atoms with E-state index in [0.717, 1.165) is 0 Å². The van der Waals surface area contributed by atoms with Gasteiger partial charge in [0.15, 0.2) is 0 Å². The van der Waals surface area contributed by atoms with Crippen LogP contribution in [0.2, 0.25) is 0 Å². The molecule has 0 spiro atoms. The number of nitrogens with one attached hydrogen (secondary N) is 1. The van der Waals surface area contributed by atoms with E-state index < -0.39 is 0 Å². The Morgan fingerprint density at radius 2 is 2.14 bits per heavy atom. The van der Waals surface area contributed by atoms with E-state index in [4.69, 9.17) is 11.1 Å². The molecule has 2 nitrogen and oxygen atoms in total. The van der Waals surface area contributed by atoms with Gasteiger partial charge < -0.3 is 5.73 Å². The molecule has 0 aliphatic carbocycles. The van der Waals surface area contributed by atoms with Crippen molar-refractivity contribution in [3.63, 3.8) is 0 Å². The Balaban J connectivity index is 2.60. The summed E-state index contributed by atoms with van der Waals surface area (Å²) < 4.78 is 0. The summed E-state index contributed by atoms with van der Waals surface area (Å²) >= 11 is 1.78. The molecule has 14 heavy (non-hydrogen) atoms. The smallest absolute Gasteiger partial charge is 0.0916 e. The first-order valence-electron chi connectivity index (χ1n) is 4.65. The van der Waals surface area contributed by atoms with Crippen molar-refractivity contribution in [2.75, 3.05) is 0 Å². The Morgan fingerprint density at radius 1 is 1.50 bits per heavy atom. The molecule has 1 unspecified atom stereocenters. The highest BCUT2D eigenvalue weighted by atomic mass is 32.2. The summed E-state index contributed by atoms with van der Waals surface area (Å²) in [4.78, 5) is 1.28. The zero-order valence-electron chi connectivity index (χ0n) is 8.58. The van der Waals surface area contributed by atoms with Gasteiger partial charge in [0.25, 0.3) is 0 Å². The molecule has 0 radical (unpaired) electrons. The largest absolute Gasteiger partial charge is 0.388 e. The summed E-state index contributed by atoms with van der Waals surface area (Å²) in [5.74, 6) is 0.263. The molecule has 3 N–H and O–H groups in total. The van der Waals surface area contributed by atoms with Gasteiger partial charge in [0.1, 0.15) is 0 Å². The quantitative estimate of drug-likeness (QED) is 0.454. The Bertz CT molecular complexity index is 323. The zero-order chi connectivity index (χ0) is 10.6. The highest BCUT2D eigenvalue weighted by Gasteiger charge is 2.06. The SMILES string of the molecule is Cc1ccccc1SC(C)CC(=N)N. The lowest BCUT2D eigenvalue weighted by molar-refractivity contribution is 0.994. The average molecular weight is 208 g/mol. The molecule has 0 aliphatic heterocycles. The van der Waals surface area contributed by atoms with Crippen LogP contribution >= 0.6 is 11.8 Å². The maximum Gasteiger partial charge on any atom is 0.0916 e. The van der Waals surface area contributed by atoms with Crippen molar-refractivity contribution in [2.45, 2.75) is 30.4 Å². The first-order valence-corrected chi connectivity index (χ1v) is 5.52. The van der Waals surface area contributed by atoms with Crippen molar-refractivity contribution in [1.29, 1.82) is 5.41 Å². The topological polar surface area (TPSA) is 49.9 Å². The average Bonchev–Trinajstić information content (AvgIpc) is 2.07. The molecule has 0 amide bonds. The fourth-order valence-electron chi connectivity index (χ4n) is 1.26. The highest BCUT2D eigenvalue weighted by molar-refractivity contribution is 8.00. The third kappa shape index (κ3) is 3.42. The van der Waals surface area contributed by atoms with E-state index in [2.05, 4.69) is 26.0 Å². The van der Waals surface area contributed by atoms with Crippen LogP contribution in [0.25, 0.3) is 0 Å². The summed E-state index contributed by atoms with van der Waals surface area (Å²) in [6, 6.07) is 8.28. The Kier molecular flexibility index (Phi) is 4.01. The molecular weight excluding hydrogens is 192 g/mol. The standard InChI is InChI=1S/C11H16N2S/c1-8-5-3-4-6-10(8)14-9(2)7-11(12)13/h3-6,9H,7H2,1-2H3,(H3,12,13). The van der Waals surface area contributed by atoms with Crippen LogP contribution in [0.1, 0.15) is 18.9 Å². The van der Waals surface area contributed by atoms with Gasteiger partial charge >= 0.3 is 0 Å². The second-order valence-electron chi connectivity index (χ2n) is 3.42. The van der Waals surface area contributed by atoms with Crippen molar-refractivity contribution in [2.24, 2.45) is 5.73 Å². The summed E-state index contributed by atoms with van der Waals surface area (Å²) in [6.07, 6.45) is 0.652. The lowest BCUT2D eigenvalue weighted by Crippen LogP contribution is -2.14. The number of rotatable bonds is 4. The number of hydrogen-bond acceptors (Lipinski definition) is 2. The van der Waals surface area contributed by atoms with E-state index in [1.54, 1.807) is 11.8 Å². The molecule has 1 rings (SSSR count). The third-order valence-electron chi connectivity index (χ3n) is 1.93. The Hall–Kier alpha value is -0.960. The fraction of sp³-hybridized carbons (Fsp3) is 0.364. The molecule has 76 valence electrons. The van der Waals surface area contributed by atoms with Crippen LogP contribution in [0.5, 0.6) is 0 Å². The van der Waals surface area contributed by atoms with Crippen molar-refractivity contribution in [3.05, 3.63) is 29.8 Å². The number of thioether (sulfide) groups is 1. The van der Waals surface area contributed by atoms with Gasteiger partial charge in [0.2, 0.25) is 0 Å². The van der Waals surface area contributed by atoms with Crippen molar-refractivity contribution < 1.29 is 0 Å². The van der Waals surface area contributed by atoms with Crippen molar-refractivity contribution in [1.82, 2.24) is 0 Å². The van der Waals surface area contributed by atoms with Crippen LogP contribution in [-0.4, -0.2) is 11.1 Å². The van der Waals surface area contributed by atoms with Gasteiger partial charge in [-0.1, -0.05) is 25.1 Å². The van der Waals surface area contributed by atoms with Gasteiger partial charge in [-0.3, -0.25) is 5.41 Å². The number of nitrogens with two attached hydrogens (primary N) is 1. The molecule has 0 bridgehead atoms. The normalized spacial score (nSPS) is 12.4. The van der Waals surface area contributed by atoms with Gasteiger partial charge in [0.05, 0.1) is 5.84 Å². The minimum Gasteiger partial charge on any atom is -0.388 e. The first-order chi connectivity index (χ1) is 6.59. The van der Waals surface area contributed by atoms with E-state index in [1.165, 1.54) is 10.5 Å². The number of hydrogen-bond donors (Lipinski definition) is 2. The number of aryl methyl sites for hydroxylation is 1. The molecule has 0 fully saturated rings. The van der Waals surface area contributed by atoms with Crippen molar-refractivity contribution >= 4 is 17.6 Å². The maximum absolute atomic E-state index is 7.21. The molecule has 3 heteroatoms. The third-order valence-corrected chi connectivity index (χ3v) is 3.21. The van der Waals surface area contributed by atoms with Crippen LogP contribution in [0.4, 0.5) is 0 Å². The molecule has 1 aromatic rings. The molecule has 0 aromatic heterocycles. The maximum atomic E-state index is 7.21. The van der Waals surface area contributed by atoms with Gasteiger partial charge in [-0.15, -0.1) is 11.8 Å². The molecule has 0 aliphatic rings. The lowest BCUT2D eigenvalue weighted by Gasteiger charge is -2.11. The van der Waals surface area contributed by atoms with Gasteiger partial charge in [-0.05, 0) is 18.6 Å². The van der Waals surface area contributed by atoms with Crippen LogP contribution in [0.15, 0.2) is 29.2 Å². The summed E-state index contributed by atoms with van der Waals surface area (Å²) in [5.41, 5.74) is 6.64. The second kappa shape index (κ2) is 5.05. The van der Waals surface area contributed by atoms with Gasteiger partial charge in [-0.2, -0.15) is 0 Å². The number of benzene rings is 1. The van der Waals surface area contributed by atoms with Crippen LogP contribution < -0.4 is 5.73 Å².